The van der Waals surface area contributed by atoms with E-state index < -0.39 is 18.2 Å². The Morgan fingerprint density at radius 2 is 2.33 bits per heavy atom. The molecule has 0 aromatic carbocycles. The van der Waals surface area contributed by atoms with E-state index in [1.165, 1.54) is 13.2 Å². The first-order chi connectivity index (χ1) is 8.54. The summed E-state index contributed by atoms with van der Waals surface area (Å²) < 4.78 is 4.61. The van der Waals surface area contributed by atoms with Crippen LogP contribution in [-0.4, -0.2) is 28.3 Å². The molecule has 96 valence electrons. The molecule has 0 amide bonds. The largest absolute Gasteiger partial charge is 0.464 e. The predicted molar refractivity (Wildman–Crippen MR) is 64.8 cm³/mol. The summed E-state index contributed by atoms with van der Waals surface area (Å²) in [6, 6.07) is 1.50. The lowest BCUT2D eigenvalue weighted by molar-refractivity contribution is 0.0592. The van der Waals surface area contributed by atoms with Crippen molar-refractivity contribution in [3.8, 4) is 0 Å². The molecule has 18 heavy (non-hydrogen) atoms. The highest BCUT2D eigenvalue weighted by molar-refractivity contribution is 5.88. The molecule has 0 aliphatic heterocycles. The number of aromatic nitrogens is 1. The molecule has 0 unspecified atom stereocenters. The number of aliphatic hydroxyl groups is 2. The summed E-state index contributed by atoms with van der Waals surface area (Å²) in [7, 11) is 1.27. The second kappa shape index (κ2) is 4.88. The van der Waals surface area contributed by atoms with E-state index in [9.17, 15) is 15.0 Å². The molecule has 0 radical (unpaired) electrons. The minimum absolute atomic E-state index is 0.0986. The van der Waals surface area contributed by atoms with Crippen LogP contribution in [0.5, 0.6) is 0 Å². The van der Waals surface area contributed by atoms with E-state index in [-0.39, 0.29) is 5.69 Å². The fraction of sp³-hybridized carbons (Fsp3) is 0.385. The summed E-state index contributed by atoms with van der Waals surface area (Å²) in [4.78, 5) is 15.6. The molecule has 5 heteroatoms. The Balaban J connectivity index is 2.63. The number of carbonyl (C=O) groups is 1. The van der Waals surface area contributed by atoms with Gasteiger partial charge in [-0.1, -0.05) is 12.2 Å². The van der Waals surface area contributed by atoms with Crippen LogP contribution in [0.15, 0.2) is 12.1 Å². The Morgan fingerprint density at radius 3 is 2.94 bits per heavy atom. The second-order valence-electron chi connectivity index (χ2n) is 4.22. The van der Waals surface area contributed by atoms with E-state index >= 15 is 0 Å². The highest BCUT2D eigenvalue weighted by Crippen LogP contribution is 2.32. The first-order valence-corrected chi connectivity index (χ1v) is 5.70. The Hall–Kier alpha value is -1.72. The molecule has 1 aliphatic carbocycles. The predicted octanol–water partition coefficient (Wildman–Crippen LogP) is 1.37. The molecule has 1 heterocycles. The van der Waals surface area contributed by atoms with Crippen LogP contribution in [0.25, 0.3) is 6.08 Å². The summed E-state index contributed by atoms with van der Waals surface area (Å²) in [6.45, 7) is 1.60. The van der Waals surface area contributed by atoms with Crippen molar-refractivity contribution in [1.82, 2.24) is 4.98 Å². The molecular formula is C13H15NO4. The van der Waals surface area contributed by atoms with E-state index in [1.807, 2.05) is 6.08 Å². The maximum atomic E-state index is 11.5. The van der Waals surface area contributed by atoms with Gasteiger partial charge in [0.1, 0.15) is 11.8 Å². The summed E-state index contributed by atoms with van der Waals surface area (Å²) in [5.74, 6) is -0.582. The number of aliphatic hydroxyl groups excluding tert-OH is 2. The lowest BCUT2D eigenvalue weighted by Gasteiger charge is -2.20. The topological polar surface area (TPSA) is 79.7 Å². The highest BCUT2D eigenvalue weighted by Gasteiger charge is 2.23. The molecule has 0 fully saturated rings. The van der Waals surface area contributed by atoms with Crippen LogP contribution in [0, 0.1) is 0 Å². The van der Waals surface area contributed by atoms with E-state index in [1.54, 1.807) is 13.0 Å². The van der Waals surface area contributed by atoms with E-state index in [4.69, 9.17) is 0 Å². The Labute approximate surface area is 105 Å². The number of methoxy groups -OCH3 is 1. The molecule has 1 aromatic rings. The van der Waals surface area contributed by atoms with Gasteiger partial charge in [0, 0.05) is 5.56 Å². The van der Waals surface area contributed by atoms with Crippen LogP contribution in [0.2, 0.25) is 0 Å². The number of rotatable bonds is 2. The van der Waals surface area contributed by atoms with Crippen molar-refractivity contribution in [1.29, 1.82) is 0 Å². The van der Waals surface area contributed by atoms with Gasteiger partial charge in [0.25, 0.3) is 0 Å². The smallest absolute Gasteiger partial charge is 0.356 e. The van der Waals surface area contributed by atoms with Crippen LogP contribution in [0.1, 0.15) is 52.9 Å². The Kier molecular flexibility index (Phi) is 3.45. The van der Waals surface area contributed by atoms with Gasteiger partial charge in [0.05, 0.1) is 18.9 Å². The lowest BCUT2D eigenvalue weighted by atomic mass is 9.93. The monoisotopic (exact) mass is 249 g/mol. The van der Waals surface area contributed by atoms with Gasteiger partial charge in [0.2, 0.25) is 0 Å². The zero-order chi connectivity index (χ0) is 13.3. The normalized spacial score (nSPS) is 19.2. The van der Waals surface area contributed by atoms with Gasteiger partial charge in [-0.15, -0.1) is 0 Å². The maximum absolute atomic E-state index is 11.5. The number of fused-ring (bicyclic) bond motifs is 1. The number of nitrogens with zero attached hydrogens (tertiary/aromatic N) is 1. The molecule has 0 saturated heterocycles. The van der Waals surface area contributed by atoms with Crippen molar-refractivity contribution in [3.05, 3.63) is 34.7 Å². The van der Waals surface area contributed by atoms with Crippen LogP contribution in [-0.2, 0) is 4.74 Å². The van der Waals surface area contributed by atoms with Crippen molar-refractivity contribution >= 4 is 12.0 Å². The van der Waals surface area contributed by atoms with Crippen LogP contribution < -0.4 is 0 Å². The van der Waals surface area contributed by atoms with Gasteiger partial charge >= 0.3 is 5.97 Å². The SMILES string of the molecule is COC(=O)c1cc([C@H](C)O)c2c(n1)[C@@H](O)CC=C2. The fourth-order valence-electron chi connectivity index (χ4n) is 2.01. The average Bonchev–Trinajstić information content (AvgIpc) is 2.37. The molecule has 2 rings (SSSR count). The lowest BCUT2D eigenvalue weighted by Crippen LogP contribution is -2.15. The third-order valence-corrected chi connectivity index (χ3v) is 2.92. The molecule has 0 bridgehead atoms. The van der Waals surface area contributed by atoms with Crippen LogP contribution in [0.4, 0.5) is 0 Å². The van der Waals surface area contributed by atoms with Gasteiger partial charge < -0.3 is 14.9 Å². The average molecular weight is 249 g/mol. The zero-order valence-electron chi connectivity index (χ0n) is 10.3. The van der Waals surface area contributed by atoms with Gasteiger partial charge in [0.15, 0.2) is 0 Å². The quantitative estimate of drug-likeness (QED) is 0.774. The highest BCUT2D eigenvalue weighted by atomic mass is 16.5. The molecule has 5 nitrogen and oxygen atoms in total. The summed E-state index contributed by atoms with van der Waals surface area (Å²) in [5.41, 5.74) is 1.75. The van der Waals surface area contributed by atoms with Gasteiger partial charge in [-0.2, -0.15) is 0 Å². The minimum atomic E-state index is -0.757. The number of ether oxygens (including phenoxy) is 1. The number of esters is 1. The van der Waals surface area contributed by atoms with Crippen molar-refractivity contribution in [2.75, 3.05) is 7.11 Å². The Bertz CT molecular complexity index is 508. The third-order valence-electron chi connectivity index (χ3n) is 2.92. The third kappa shape index (κ3) is 2.14. The molecule has 1 aromatic heterocycles. The zero-order valence-corrected chi connectivity index (χ0v) is 10.3. The van der Waals surface area contributed by atoms with Gasteiger partial charge in [-0.05, 0) is 25.0 Å². The van der Waals surface area contributed by atoms with Crippen LogP contribution >= 0.6 is 0 Å². The van der Waals surface area contributed by atoms with Crippen molar-refractivity contribution in [3.63, 3.8) is 0 Å². The maximum Gasteiger partial charge on any atom is 0.356 e. The first-order valence-electron chi connectivity index (χ1n) is 5.70. The van der Waals surface area contributed by atoms with E-state index in [0.29, 0.717) is 23.2 Å². The van der Waals surface area contributed by atoms with Gasteiger partial charge in [-0.25, -0.2) is 9.78 Å². The molecule has 0 spiro atoms. The molecular weight excluding hydrogens is 234 g/mol. The standard InChI is InChI=1S/C13H15NO4/c1-7(15)9-6-10(13(17)18-2)14-12-8(9)4-3-5-11(12)16/h3-4,6-7,11,15-16H,5H2,1-2H3/t7-,11-/m0/s1. The van der Waals surface area contributed by atoms with Crippen molar-refractivity contribution in [2.24, 2.45) is 0 Å². The molecule has 2 atom stereocenters. The number of carbonyl (C=O) groups excluding carboxylic acids is 1. The van der Waals surface area contributed by atoms with Crippen molar-refractivity contribution < 1.29 is 19.7 Å². The fourth-order valence-corrected chi connectivity index (χ4v) is 2.01. The first kappa shape index (κ1) is 12.7. The van der Waals surface area contributed by atoms with Crippen LogP contribution in [0.3, 0.4) is 0 Å². The number of hydrogen-bond acceptors (Lipinski definition) is 5. The van der Waals surface area contributed by atoms with Crippen molar-refractivity contribution in [2.45, 2.75) is 25.6 Å². The summed E-state index contributed by atoms with van der Waals surface area (Å²) >= 11 is 0. The molecule has 2 N–H and O–H groups in total. The minimum Gasteiger partial charge on any atom is -0.464 e. The summed E-state index contributed by atoms with van der Waals surface area (Å²) in [6.07, 6.45) is 2.56. The summed E-state index contributed by atoms with van der Waals surface area (Å²) in [5, 5.41) is 19.6. The molecule has 0 saturated carbocycles. The number of hydrogen-bond donors (Lipinski definition) is 2. The second-order valence-corrected chi connectivity index (χ2v) is 4.22. The van der Waals surface area contributed by atoms with E-state index in [0.717, 1.165) is 0 Å². The van der Waals surface area contributed by atoms with E-state index in [2.05, 4.69) is 9.72 Å². The Morgan fingerprint density at radius 1 is 1.61 bits per heavy atom. The number of pyridine rings is 1. The van der Waals surface area contributed by atoms with Gasteiger partial charge in [-0.3, -0.25) is 0 Å². The molecule has 1 aliphatic rings.